The van der Waals surface area contributed by atoms with Gasteiger partial charge in [0.15, 0.2) is 0 Å². The number of nitrogens with zero attached hydrogens (tertiary/aromatic N) is 2. The largest absolute Gasteiger partial charge is 0.323 e. The summed E-state index contributed by atoms with van der Waals surface area (Å²) < 4.78 is 7.94. The van der Waals surface area contributed by atoms with Gasteiger partial charge < -0.3 is 5.73 Å². The second-order valence-electron chi connectivity index (χ2n) is 2.40. The molecule has 0 aromatic carbocycles. The van der Waals surface area contributed by atoms with Crippen molar-refractivity contribution in [3.8, 4) is 11.8 Å². The Morgan fingerprint density at radius 1 is 1.75 bits per heavy atom. The van der Waals surface area contributed by atoms with Gasteiger partial charge in [0.25, 0.3) is 0 Å². The fraction of sp³-hybridized carbons (Fsp3) is 0.500. The Labute approximate surface area is 76.3 Å². The van der Waals surface area contributed by atoms with Crippen molar-refractivity contribution in [3.05, 3.63) is 11.9 Å². The molecule has 0 aliphatic rings. The summed E-state index contributed by atoms with van der Waals surface area (Å²) in [4.78, 5) is 0. The zero-order valence-corrected chi connectivity index (χ0v) is 7.77. The third-order valence-corrected chi connectivity index (χ3v) is 2.01. The Balaban J connectivity index is 2.37. The predicted octanol–water partition coefficient (Wildman–Crippen LogP) is 1.34. The molecule has 0 spiro atoms. The first-order valence-corrected chi connectivity index (χ1v) is 4.50. The van der Waals surface area contributed by atoms with Gasteiger partial charge in [-0.05, 0) is 13.3 Å². The zero-order valence-electron chi connectivity index (χ0n) is 6.95. The lowest BCUT2D eigenvalue weighted by Gasteiger charge is -2.03. The lowest BCUT2D eigenvalue weighted by atomic mass is 10.1. The maximum atomic E-state index is 5.82. The fourth-order valence-corrected chi connectivity index (χ4v) is 1.31. The minimum atomic E-state index is -0.00963. The summed E-state index contributed by atoms with van der Waals surface area (Å²) in [5.74, 6) is 5.80. The summed E-state index contributed by atoms with van der Waals surface area (Å²) in [5, 5.41) is 0. The van der Waals surface area contributed by atoms with E-state index in [-0.39, 0.29) is 6.04 Å². The van der Waals surface area contributed by atoms with Crippen molar-refractivity contribution in [3.63, 3.8) is 0 Å². The highest BCUT2D eigenvalue weighted by molar-refractivity contribution is 6.99. The maximum Gasteiger partial charge on any atom is 0.0910 e. The Kier molecular flexibility index (Phi) is 3.71. The van der Waals surface area contributed by atoms with Crippen LogP contribution in [0.5, 0.6) is 0 Å². The van der Waals surface area contributed by atoms with Crippen LogP contribution in [-0.4, -0.2) is 8.75 Å². The van der Waals surface area contributed by atoms with Crippen molar-refractivity contribution in [2.45, 2.75) is 25.8 Å². The van der Waals surface area contributed by atoms with Gasteiger partial charge in [-0.1, -0.05) is 0 Å². The fourth-order valence-electron chi connectivity index (χ4n) is 0.836. The number of hydrogen-bond donors (Lipinski definition) is 1. The molecule has 1 rings (SSSR count). The van der Waals surface area contributed by atoms with Crippen LogP contribution < -0.4 is 5.73 Å². The van der Waals surface area contributed by atoms with Crippen LogP contribution in [0.3, 0.4) is 0 Å². The van der Waals surface area contributed by atoms with Gasteiger partial charge in [0, 0.05) is 6.42 Å². The van der Waals surface area contributed by atoms with Gasteiger partial charge in [-0.2, -0.15) is 8.75 Å². The maximum absolute atomic E-state index is 5.82. The topological polar surface area (TPSA) is 51.8 Å². The molecule has 1 unspecified atom stereocenters. The van der Waals surface area contributed by atoms with Gasteiger partial charge >= 0.3 is 0 Å². The summed E-state index contributed by atoms with van der Waals surface area (Å²) in [7, 11) is 0. The van der Waals surface area contributed by atoms with Crippen molar-refractivity contribution in [1.29, 1.82) is 0 Å². The van der Waals surface area contributed by atoms with Gasteiger partial charge in [0.1, 0.15) is 0 Å². The highest BCUT2D eigenvalue weighted by atomic mass is 32.1. The van der Waals surface area contributed by atoms with Crippen LogP contribution in [-0.2, 0) is 0 Å². The van der Waals surface area contributed by atoms with E-state index in [1.807, 2.05) is 6.92 Å². The van der Waals surface area contributed by atoms with E-state index in [0.29, 0.717) is 0 Å². The molecule has 4 heteroatoms. The number of rotatable bonds is 3. The predicted molar refractivity (Wildman–Crippen MR) is 49.5 cm³/mol. The van der Waals surface area contributed by atoms with Gasteiger partial charge in [0.05, 0.1) is 29.7 Å². The number of aromatic nitrogens is 2. The molecule has 3 nitrogen and oxygen atoms in total. The summed E-state index contributed by atoms with van der Waals surface area (Å²) in [6.45, 7) is 1.83. The lowest BCUT2D eigenvalue weighted by Crippen LogP contribution is -2.09. The molecule has 1 atom stereocenters. The van der Waals surface area contributed by atoms with Crippen LogP contribution in [0, 0.1) is 11.8 Å². The van der Waals surface area contributed by atoms with E-state index in [0.717, 1.165) is 18.5 Å². The summed E-state index contributed by atoms with van der Waals surface area (Å²) in [5.41, 5.74) is 6.69. The monoisotopic (exact) mass is 181 g/mol. The average Bonchev–Trinajstić information content (AvgIpc) is 2.56. The second-order valence-corrected chi connectivity index (χ2v) is 2.96. The van der Waals surface area contributed by atoms with Gasteiger partial charge in [-0.15, -0.1) is 11.8 Å². The highest BCUT2D eigenvalue weighted by Gasteiger charge is 2.06. The molecular formula is C8H11N3S. The average molecular weight is 181 g/mol. The Hall–Kier alpha value is -0.920. The zero-order chi connectivity index (χ0) is 8.81. The summed E-state index contributed by atoms with van der Waals surface area (Å²) in [6, 6.07) is -0.00963. The quantitative estimate of drug-likeness (QED) is 0.716. The normalized spacial score (nSPS) is 11.8. The van der Waals surface area contributed by atoms with E-state index in [9.17, 15) is 0 Å². The smallest absolute Gasteiger partial charge is 0.0910 e. The standard InChI is InChI=1S/C8H11N3S/c1-2-3-4-5-7(9)8-6-10-12-11-8/h6-7H,4-5,9H2,1H3. The van der Waals surface area contributed by atoms with E-state index in [1.54, 1.807) is 6.20 Å². The minimum Gasteiger partial charge on any atom is -0.323 e. The minimum absolute atomic E-state index is 0.00963. The summed E-state index contributed by atoms with van der Waals surface area (Å²) >= 11 is 1.19. The number of nitrogens with two attached hydrogens (primary N) is 1. The molecule has 2 N–H and O–H groups in total. The molecule has 0 saturated heterocycles. The molecule has 0 aliphatic heterocycles. The molecule has 64 valence electrons. The molecule has 0 radical (unpaired) electrons. The molecule has 0 amide bonds. The third-order valence-electron chi connectivity index (χ3n) is 1.52. The van der Waals surface area contributed by atoms with Crippen molar-refractivity contribution in [1.82, 2.24) is 8.75 Å². The Bertz CT molecular complexity index is 270. The molecule has 1 aromatic rings. The van der Waals surface area contributed by atoms with Crippen molar-refractivity contribution in [2.75, 3.05) is 0 Å². The van der Waals surface area contributed by atoms with E-state index < -0.39 is 0 Å². The van der Waals surface area contributed by atoms with Gasteiger partial charge in [-0.3, -0.25) is 0 Å². The van der Waals surface area contributed by atoms with Crippen LogP contribution in [0.4, 0.5) is 0 Å². The van der Waals surface area contributed by atoms with E-state index in [4.69, 9.17) is 5.73 Å². The molecule has 0 fully saturated rings. The molecule has 0 saturated carbocycles. The van der Waals surface area contributed by atoms with Crippen LogP contribution in [0.15, 0.2) is 6.20 Å². The van der Waals surface area contributed by atoms with Gasteiger partial charge in [-0.25, -0.2) is 0 Å². The highest BCUT2D eigenvalue weighted by Crippen LogP contribution is 2.12. The first kappa shape index (κ1) is 9.17. The van der Waals surface area contributed by atoms with Crippen LogP contribution in [0.1, 0.15) is 31.5 Å². The van der Waals surface area contributed by atoms with E-state index in [1.165, 1.54) is 11.7 Å². The molecule has 12 heavy (non-hydrogen) atoms. The van der Waals surface area contributed by atoms with Crippen molar-refractivity contribution in [2.24, 2.45) is 5.73 Å². The lowest BCUT2D eigenvalue weighted by molar-refractivity contribution is 0.654. The second kappa shape index (κ2) is 4.86. The number of hydrogen-bond acceptors (Lipinski definition) is 4. The molecule has 0 aliphatic carbocycles. The third kappa shape index (κ3) is 2.61. The molecule has 1 aromatic heterocycles. The molecule has 0 bridgehead atoms. The van der Waals surface area contributed by atoms with Crippen LogP contribution >= 0.6 is 11.7 Å². The SMILES string of the molecule is CC#CCCC(N)c1cnsn1. The molecular weight excluding hydrogens is 170 g/mol. The van der Waals surface area contributed by atoms with Crippen molar-refractivity contribution < 1.29 is 0 Å². The Morgan fingerprint density at radius 2 is 2.58 bits per heavy atom. The van der Waals surface area contributed by atoms with Crippen LogP contribution in [0.25, 0.3) is 0 Å². The van der Waals surface area contributed by atoms with Crippen molar-refractivity contribution >= 4 is 11.7 Å². The first-order valence-electron chi connectivity index (χ1n) is 3.77. The Morgan fingerprint density at radius 3 is 3.17 bits per heavy atom. The summed E-state index contributed by atoms with van der Waals surface area (Å²) in [6.07, 6.45) is 3.40. The molecule has 1 heterocycles. The van der Waals surface area contributed by atoms with E-state index in [2.05, 4.69) is 20.6 Å². The van der Waals surface area contributed by atoms with Crippen LogP contribution in [0.2, 0.25) is 0 Å². The first-order chi connectivity index (χ1) is 5.84. The van der Waals surface area contributed by atoms with E-state index >= 15 is 0 Å². The van der Waals surface area contributed by atoms with Gasteiger partial charge in [0.2, 0.25) is 0 Å².